The molecule has 3 aromatic rings. The Morgan fingerprint density at radius 3 is 2.83 bits per heavy atom. The lowest BCUT2D eigenvalue weighted by Gasteiger charge is -2.14. The fraction of sp³-hybridized carbons (Fsp3) is 0.188. The summed E-state index contributed by atoms with van der Waals surface area (Å²) in [4.78, 5) is 28.2. The number of nitrogens with one attached hydrogen (secondary N) is 1. The normalized spacial score (nSPS) is 10.7. The second-order valence-corrected chi connectivity index (χ2v) is 5.21. The molecule has 3 aromatic heterocycles. The smallest absolute Gasteiger partial charge is 0.260 e. The molecular formula is C16H15N3O4. The Kier molecular flexibility index (Phi) is 3.84. The summed E-state index contributed by atoms with van der Waals surface area (Å²) in [7, 11) is 1.60. The minimum Gasteiger partial charge on any atom is -0.461 e. The highest BCUT2D eigenvalue weighted by molar-refractivity contribution is 5.93. The summed E-state index contributed by atoms with van der Waals surface area (Å²) in [5.41, 5.74) is 0.954. The van der Waals surface area contributed by atoms with Crippen LogP contribution in [0.5, 0.6) is 0 Å². The number of pyridine rings is 1. The van der Waals surface area contributed by atoms with Crippen LogP contribution in [-0.4, -0.2) is 28.0 Å². The van der Waals surface area contributed by atoms with Gasteiger partial charge in [0, 0.05) is 18.8 Å². The first kappa shape index (κ1) is 14.8. The van der Waals surface area contributed by atoms with E-state index < -0.39 is 5.56 Å². The molecule has 0 radical (unpaired) electrons. The van der Waals surface area contributed by atoms with Crippen molar-refractivity contribution in [2.75, 3.05) is 7.05 Å². The molecule has 0 aromatic carbocycles. The molecule has 0 aliphatic rings. The Balaban J connectivity index is 1.75. The zero-order valence-corrected chi connectivity index (χ0v) is 12.7. The lowest BCUT2D eigenvalue weighted by atomic mass is 10.2. The van der Waals surface area contributed by atoms with Gasteiger partial charge in [-0.15, -0.1) is 0 Å². The number of hydrogen-bond acceptors (Lipinski definition) is 5. The Hall–Kier alpha value is -3.09. The third-order valence-electron chi connectivity index (χ3n) is 3.35. The van der Waals surface area contributed by atoms with Crippen molar-refractivity contribution in [1.29, 1.82) is 0 Å². The van der Waals surface area contributed by atoms with Gasteiger partial charge >= 0.3 is 0 Å². The highest BCUT2D eigenvalue weighted by Crippen LogP contribution is 2.21. The van der Waals surface area contributed by atoms with Crippen molar-refractivity contribution in [1.82, 2.24) is 15.0 Å². The number of rotatable bonds is 4. The number of hydrogen-bond donors (Lipinski definition) is 1. The molecule has 7 heteroatoms. The van der Waals surface area contributed by atoms with Crippen LogP contribution in [0, 0.1) is 6.92 Å². The van der Waals surface area contributed by atoms with E-state index in [1.54, 1.807) is 38.2 Å². The average molecular weight is 313 g/mol. The third kappa shape index (κ3) is 3.08. The van der Waals surface area contributed by atoms with Crippen molar-refractivity contribution in [3.05, 3.63) is 63.9 Å². The number of nitrogens with zero attached hydrogens (tertiary/aromatic N) is 2. The van der Waals surface area contributed by atoms with Crippen molar-refractivity contribution >= 4 is 5.91 Å². The topological polar surface area (TPSA) is 92.3 Å². The summed E-state index contributed by atoms with van der Waals surface area (Å²) < 4.78 is 10.4. The van der Waals surface area contributed by atoms with Gasteiger partial charge in [0.05, 0.1) is 12.8 Å². The van der Waals surface area contributed by atoms with E-state index in [1.807, 2.05) is 0 Å². The van der Waals surface area contributed by atoms with Crippen LogP contribution in [0.25, 0.3) is 11.5 Å². The number of H-pyrrole nitrogens is 1. The number of furan rings is 1. The van der Waals surface area contributed by atoms with Gasteiger partial charge in [-0.3, -0.25) is 9.59 Å². The summed E-state index contributed by atoms with van der Waals surface area (Å²) in [6.07, 6.45) is 1.54. The molecule has 0 unspecified atom stereocenters. The summed E-state index contributed by atoms with van der Waals surface area (Å²) in [5, 5.41) is 3.91. The quantitative estimate of drug-likeness (QED) is 0.797. The Labute approximate surface area is 131 Å². The van der Waals surface area contributed by atoms with Gasteiger partial charge < -0.3 is 18.8 Å². The molecule has 0 bridgehead atoms. The van der Waals surface area contributed by atoms with E-state index in [2.05, 4.69) is 10.1 Å². The van der Waals surface area contributed by atoms with Crippen LogP contribution in [0.15, 0.2) is 50.3 Å². The summed E-state index contributed by atoms with van der Waals surface area (Å²) in [5.74, 6) is 0.667. The molecule has 3 heterocycles. The predicted octanol–water partition coefficient (Wildman–Crippen LogP) is 2.20. The molecule has 0 saturated heterocycles. The largest absolute Gasteiger partial charge is 0.461 e. The standard InChI is InChI=1S/C16H15N3O4/c1-10-5-6-12(15(20)17-10)16(21)19(2)9-11-8-14(23-18-11)13-4-3-7-22-13/h3-8H,9H2,1-2H3,(H,17,20). The minimum atomic E-state index is -0.404. The van der Waals surface area contributed by atoms with E-state index in [-0.39, 0.29) is 18.0 Å². The van der Waals surface area contributed by atoms with E-state index in [1.165, 1.54) is 17.2 Å². The zero-order valence-electron chi connectivity index (χ0n) is 12.7. The SMILES string of the molecule is Cc1ccc(C(=O)N(C)Cc2cc(-c3ccco3)on2)c(=O)[nH]1. The molecular weight excluding hydrogens is 298 g/mol. The summed E-state index contributed by atoms with van der Waals surface area (Å²) >= 11 is 0. The van der Waals surface area contributed by atoms with Crippen molar-refractivity contribution in [2.45, 2.75) is 13.5 Å². The van der Waals surface area contributed by atoms with Gasteiger partial charge in [-0.05, 0) is 31.2 Å². The molecule has 0 fully saturated rings. The van der Waals surface area contributed by atoms with Crippen LogP contribution in [-0.2, 0) is 6.54 Å². The van der Waals surface area contributed by atoms with Gasteiger partial charge in [0.1, 0.15) is 11.3 Å². The number of carbonyl (C=O) groups excluding carboxylic acids is 1. The highest BCUT2D eigenvalue weighted by Gasteiger charge is 2.18. The molecule has 3 rings (SSSR count). The summed E-state index contributed by atoms with van der Waals surface area (Å²) in [6, 6.07) is 8.40. The molecule has 23 heavy (non-hydrogen) atoms. The first-order valence-electron chi connectivity index (χ1n) is 6.99. The van der Waals surface area contributed by atoms with Gasteiger partial charge in [-0.2, -0.15) is 0 Å². The van der Waals surface area contributed by atoms with Gasteiger partial charge in [0.2, 0.25) is 5.76 Å². The van der Waals surface area contributed by atoms with Gasteiger partial charge in [0.15, 0.2) is 5.76 Å². The maximum absolute atomic E-state index is 12.3. The fourth-order valence-corrected chi connectivity index (χ4v) is 2.18. The monoisotopic (exact) mass is 313 g/mol. The minimum absolute atomic E-state index is 0.0906. The average Bonchev–Trinajstić information content (AvgIpc) is 3.17. The first-order chi connectivity index (χ1) is 11.0. The van der Waals surface area contributed by atoms with Gasteiger partial charge in [0.25, 0.3) is 11.5 Å². The Morgan fingerprint density at radius 1 is 1.30 bits per heavy atom. The van der Waals surface area contributed by atoms with E-state index in [4.69, 9.17) is 8.94 Å². The van der Waals surface area contributed by atoms with Crippen molar-refractivity contribution in [3.8, 4) is 11.5 Å². The van der Waals surface area contributed by atoms with E-state index in [9.17, 15) is 9.59 Å². The number of aromatic nitrogens is 2. The number of aryl methyl sites for hydroxylation is 1. The van der Waals surface area contributed by atoms with Crippen molar-refractivity contribution < 1.29 is 13.7 Å². The molecule has 118 valence electrons. The van der Waals surface area contributed by atoms with Crippen molar-refractivity contribution in [3.63, 3.8) is 0 Å². The predicted molar refractivity (Wildman–Crippen MR) is 81.8 cm³/mol. The number of amides is 1. The molecule has 1 amide bonds. The van der Waals surface area contributed by atoms with Crippen LogP contribution in [0.4, 0.5) is 0 Å². The second kappa shape index (κ2) is 5.96. The van der Waals surface area contributed by atoms with Crippen LogP contribution >= 0.6 is 0 Å². The highest BCUT2D eigenvalue weighted by atomic mass is 16.5. The van der Waals surface area contributed by atoms with Crippen LogP contribution in [0.1, 0.15) is 21.7 Å². The second-order valence-electron chi connectivity index (χ2n) is 5.21. The number of carbonyl (C=O) groups is 1. The van der Waals surface area contributed by atoms with E-state index in [0.717, 1.165) is 0 Å². The lowest BCUT2D eigenvalue weighted by Crippen LogP contribution is -2.31. The third-order valence-corrected chi connectivity index (χ3v) is 3.35. The summed E-state index contributed by atoms with van der Waals surface area (Å²) in [6.45, 7) is 1.97. The lowest BCUT2D eigenvalue weighted by molar-refractivity contribution is 0.0780. The maximum Gasteiger partial charge on any atom is 0.260 e. The first-order valence-corrected chi connectivity index (χ1v) is 6.99. The molecule has 0 aliphatic carbocycles. The molecule has 0 atom stereocenters. The molecule has 0 saturated carbocycles. The van der Waals surface area contributed by atoms with Gasteiger partial charge in [-0.25, -0.2) is 0 Å². The zero-order chi connectivity index (χ0) is 16.4. The number of aromatic amines is 1. The Bertz CT molecular complexity index is 877. The maximum atomic E-state index is 12.3. The van der Waals surface area contributed by atoms with Crippen molar-refractivity contribution in [2.24, 2.45) is 0 Å². The molecule has 7 nitrogen and oxygen atoms in total. The van der Waals surface area contributed by atoms with Crippen LogP contribution in [0.3, 0.4) is 0 Å². The Morgan fingerprint density at radius 2 is 2.13 bits per heavy atom. The van der Waals surface area contributed by atoms with Gasteiger partial charge in [-0.1, -0.05) is 5.16 Å². The van der Waals surface area contributed by atoms with E-state index >= 15 is 0 Å². The van der Waals surface area contributed by atoms with Crippen LogP contribution in [0.2, 0.25) is 0 Å². The van der Waals surface area contributed by atoms with Crippen LogP contribution < -0.4 is 5.56 Å². The molecule has 1 N–H and O–H groups in total. The fourth-order valence-electron chi connectivity index (χ4n) is 2.18. The molecule has 0 spiro atoms. The van der Waals surface area contributed by atoms with E-state index in [0.29, 0.717) is 22.9 Å². The molecule has 0 aliphatic heterocycles.